The summed E-state index contributed by atoms with van der Waals surface area (Å²) < 4.78 is 15.8. The van der Waals surface area contributed by atoms with Crippen LogP contribution in [0.3, 0.4) is 0 Å². The average Bonchev–Trinajstić information content (AvgIpc) is 2.75. The summed E-state index contributed by atoms with van der Waals surface area (Å²) in [4.78, 5) is 11.1. The number of aryl methyl sites for hydroxylation is 1. The van der Waals surface area contributed by atoms with Crippen molar-refractivity contribution >= 4 is 22.2 Å². The number of alkyl halides is 1. The van der Waals surface area contributed by atoms with Crippen LogP contribution in [0.4, 0.5) is 0 Å². The maximum absolute atomic E-state index is 11.1. The molecule has 0 radical (unpaired) electrons. The summed E-state index contributed by atoms with van der Waals surface area (Å²) in [5, 5.41) is 0.774. The Kier molecular flexibility index (Phi) is 3.33. The summed E-state index contributed by atoms with van der Waals surface area (Å²) in [6.45, 7) is 0.168. The number of aldehydes is 1. The smallest absolute Gasteiger partial charge is 0.231 e. The van der Waals surface area contributed by atoms with Crippen molar-refractivity contribution in [1.29, 1.82) is 0 Å². The Balaban J connectivity index is 2.58. The van der Waals surface area contributed by atoms with Crippen molar-refractivity contribution in [1.82, 2.24) is 0 Å². The Hall–Kier alpha value is -1.23. The second-order valence-corrected chi connectivity index (χ2v) is 4.07. The molecule has 5 heteroatoms. The first-order valence-electron chi connectivity index (χ1n) is 4.82. The highest BCUT2D eigenvalue weighted by Gasteiger charge is 2.24. The van der Waals surface area contributed by atoms with E-state index in [1.165, 1.54) is 7.11 Å². The van der Waals surface area contributed by atoms with Crippen LogP contribution >= 0.6 is 15.9 Å². The number of carbonyl (C=O) groups excluding carboxylic acids is 1. The number of ether oxygens (including phenoxy) is 3. The molecule has 4 nitrogen and oxygen atoms in total. The Morgan fingerprint density at radius 1 is 1.56 bits per heavy atom. The van der Waals surface area contributed by atoms with Gasteiger partial charge in [-0.25, -0.2) is 0 Å². The number of methoxy groups -OCH3 is 1. The van der Waals surface area contributed by atoms with Crippen molar-refractivity contribution in [3.63, 3.8) is 0 Å². The molecule has 1 aliphatic heterocycles. The molecule has 0 aliphatic carbocycles. The lowest BCUT2D eigenvalue weighted by atomic mass is 10.0. The first-order chi connectivity index (χ1) is 7.81. The second-order valence-electron chi connectivity index (χ2n) is 3.27. The van der Waals surface area contributed by atoms with Gasteiger partial charge < -0.3 is 14.2 Å². The van der Waals surface area contributed by atoms with Gasteiger partial charge in [-0.05, 0) is 18.1 Å². The van der Waals surface area contributed by atoms with Crippen molar-refractivity contribution < 1.29 is 19.0 Å². The Morgan fingerprint density at radius 3 is 3.00 bits per heavy atom. The molecule has 0 bridgehead atoms. The fourth-order valence-corrected chi connectivity index (χ4v) is 2.15. The first kappa shape index (κ1) is 11.3. The zero-order valence-electron chi connectivity index (χ0n) is 8.79. The van der Waals surface area contributed by atoms with Crippen molar-refractivity contribution in [3.05, 3.63) is 17.2 Å². The predicted molar refractivity (Wildman–Crippen MR) is 62.0 cm³/mol. The van der Waals surface area contributed by atoms with Gasteiger partial charge in [-0.3, -0.25) is 4.79 Å². The zero-order chi connectivity index (χ0) is 11.5. The first-order valence-corrected chi connectivity index (χ1v) is 5.94. The van der Waals surface area contributed by atoms with Gasteiger partial charge in [0.05, 0.1) is 12.7 Å². The van der Waals surface area contributed by atoms with E-state index < -0.39 is 0 Å². The zero-order valence-corrected chi connectivity index (χ0v) is 10.4. The standard InChI is InChI=1S/C11H11BrO4/c1-14-10-8(5-13)7(2-3-12)4-9-11(10)16-6-15-9/h4-5H,2-3,6H2,1H3. The molecule has 1 aromatic rings. The fourth-order valence-electron chi connectivity index (χ4n) is 1.72. The van der Waals surface area contributed by atoms with E-state index in [1.807, 2.05) is 6.07 Å². The van der Waals surface area contributed by atoms with Crippen LogP contribution in [0, 0.1) is 0 Å². The van der Waals surface area contributed by atoms with Gasteiger partial charge in [0.1, 0.15) is 0 Å². The number of hydrogen-bond acceptors (Lipinski definition) is 4. The van der Waals surface area contributed by atoms with Crippen LogP contribution in [0.2, 0.25) is 0 Å². The van der Waals surface area contributed by atoms with Crippen LogP contribution in [0.15, 0.2) is 6.07 Å². The van der Waals surface area contributed by atoms with E-state index in [2.05, 4.69) is 15.9 Å². The molecule has 0 saturated carbocycles. The van der Waals surface area contributed by atoms with E-state index in [9.17, 15) is 4.79 Å². The van der Waals surface area contributed by atoms with Gasteiger partial charge in [0, 0.05) is 5.33 Å². The van der Waals surface area contributed by atoms with E-state index in [0.29, 0.717) is 22.8 Å². The largest absolute Gasteiger partial charge is 0.492 e. The lowest BCUT2D eigenvalue weighted by molar-refractivity contribution is 0.111. The van der Waals surface area contributed by atoms with E-state index in [-0.39, 0.29) is 6.79 Å². The third-order valence-electron chi connectivity index (χ3n) is 2.43. The average molecular weight is 287 g/mol. The summed E-state index contributed by atoms with van der Waals surface area (Å²) >= 11 is 3.35. The Bertz CT molecular complexity index is 417. The molecule has 0 saturated heterocycles. The molecular weight excluding hydrogens is 276 g/mol. The molecule has 16 heavy (non-hydrogen) atoms. The highest BCUT2D eigenvalue weighted by molar-refractivity contribution is 9.09. The number of carbonyl (C=O) groups is 1. The lowest BCUT2D eigenvalue weighted by Crippen LogP contribution is -1.99. The van der Waals surface area contributed by atoms with Crippen molar-refractivity contribution in [2.75, 3.05) is 19.2 Å². The maximum atomic E-state index is 11.1. The molecule has 0 amide bonds. The minimum Gasteiger partial charge on any atom is -0.492 e. The SMILES string of the molecule is COc1c(C=O)c(CCBr)cc2c1OCO2. The van der Waals surface area contributed by atoms with Gasteiger partial charge in [-0.1, -0.05) is 15.9 Å². The minimum atomic E-state index is 0.168. The third-order valence-corrected chi connectivity index (χ3v) is 2.83. The van der Waals surface area contributed by atoms with Gasteiger partial charge in [0.25, 0.3) is 0 Å². The van der Waals surface area contributed by atoms with Gasteiger partial charge in [0.15, 0.2) is 17.8 Å². The molecular formula is C11H11BrO4. The molecule has 1 aliphatic rings. The molecule has 0 aromatic heterocycles. The van der Waals surface area contributed by atoms with Crippen LogP contribution < -0.4 is 14.2 Å². The summed E-state index contributed by atoms with van der Waals surface area (Å²) in [6.07, 6.45) is 1.53. The van der Waals surface area contributed by atoms with Crippen molar-refractivity contribution in [2.45, 2.75) is 6.42 Å². The Morgan fingerprint density at radius 2 is 2.38 bits per heavy atom. The predicted octanol–water partition coefficient (Wildman–Crippen LogP) is 2.17. The summed E-state index contributed by atoms with van der Waals surface area (Å²) in [5.74, 6) is 1.61. The number of halogens is 1. The van der Waals surface area contributed by atoms with Gasteiger partial charge in [-0.15, -0.1) is 0 Å². The molecule has 0 unspecified atom stereocenters. The number of hydrogen-bond donors (Lipinski definition) is 0. The summed E-state index contributed by atoms with van der Waals surface area (Å²) in [5.41, 5.74) is 1.43. The van der Waals surface area contributed by atoms with Gasteiger partial charge >= 0.3 is 0 Å². The topological polar surface area (TPSA) is 44.8 Å². The van der Waals surface area contributed by atoms with E-state index in [4.69, 9.17) is 14.2 Å². The van der Waals surface area contributed by atoms with Crippen LogP contribution in [0.1, 0.15) is 15.9 Å². The van der Waals surface area contributed by atoms with Crippen molar-refractivity contribution in [3.8, 4) is 17.2 Å². The molecule has 86 valence electrons. The maximum Gasteiger partial charge on any atom is 0.231 e. The molecule has 0 atom stereocenters. The normalized spacial score (nSPS) is 12.6. The number of benzene rings is 1. The fraction of sp³-hybridized carbons (Fsp3) is 0.364. The Labute approximate surface area is 102 Å². The molecule has 1 aromatic carbocycles. The monoisotopic (exact) mass is 286 g/mol. The highest BCUT2D eigenvalue weighted by atomic mass is 79.9. The van der Waals surface area contributed by atoms with Crippen LogP contribution in [-0.2, 0) is 6.42 Å². The van der Waals surface area contributed by atoms with Crippen molar-refractivity contribution in [2.24, 2.45) is 0 Å². The number of rotatable bonds is 4. The number of fused-ring (bicyclic) bond motifs is 1. The van der Waals surface area contributed by atoms with Crippen LogP contribution in [-0.4, -0.2) is 25.5 Å². The van der Waals surface area contributed by atoms with Gasteiger partial charge in [0.2, 0.25) is 12.5 Å². The van der Waals surface area contributed by atoms with E-state index in [0.717, 1.165) is 23.6 Å². The van der Waals surface area contributed by atoms with E-state index >= 15 is 0 Å². The highest BCUT2D eigenvalue weighted by Crippen LogP contribution is 2.44. The van der Waals surface area contributed by atoms with Crippen LogP contribution in [0.25, 0.3) is 0 Å². The molecule has 0 fully saturated rings. The summed E-state index contributed by atoms with van der Waals surface area (Å²) in [7, 11) is 1.52. The second kappa shape index (κ2) is 4.74. The van der Waals surface area contributed by atoms with Crippen LogP contribution in [0.5, 0.6) is 17.2 Å². The molecule has 2 rings (SSSR count). The molecule has 1 heterocycles. The molecule has 0 spiro atoms. The third kappa shape index (κ3) is 1.75. The summed E-state index contributed by atoms with van der Waals surface area (Å²) in [6, 6.07) is 1.83. The van der Waals surface area contributed by atoms with Gasteiger partial charge in [-0.2, -0.15) is 0 Å². The molecule has 0 N–H and O–H groups in total. The minimum absolute atomic E-state index is 0.168. The lowest BCUT2D eigenvalue weighted by Gasteiger charge is -2.11. The quantitative estimate of drug-likeness (QED) is 0.629. The van der Waals surface area contributed by atoms with E-state index in [1.54, 1.807) is 0 Å².